The fourth-order valence-corrected chi connectivity index (χ4v) is 2.22. The van der Waals surface area contributed by atoms with Gasteiger partial charge in [-0.1, -0.05) is 52.0 Å². The number of benzene rings is 1. The average molecular weight is 292 g/mol. The first-order chi connectivity index (χ1) is 9.86. The van der Waals surface area contributed by atoms with E-state index in [2.05, 4.69) is 57.3 Å². The molecule has 2 amide bonds. The van der Waals surface area contributed by atoms with E-state index in [1.54, 1.807) is 7.05 Å². The highest BCUT2D eigenvalue weighted by atomic mass is 16.3. The van der Waals surface area contributed by atoms with Crippen LogP contribution < -0.4 is 5.32 Å². The maximum Gasteiger partial charge on any atom is 0.317 e. The minimum atomic E-state index is -0.157. The number of urea groups is 1. The number of aliphatic hydroxyl groups excluding tert-OH is 1. The molecule has 1 aromatic carbocycles. The molecule has 4 heteroatoms. The van der Waals surface area contributed by atoms with Crippen molar-refractivity contribution < 1.29 is 9.90 Å². The molecule has 0 fully saturated rings. The van der Waals surface area contributed by atoms with Crippen LogP contribution in [-0.4, -0.2) is 36.2 Å². The topological polar surface area (TPSA) is 52.6 Å². The Morgan fingerprint density at radius 3 is 2.10 bits per heavy atom. The van der Waals surface area contributed by atoms with Crippen molar-refractivity contribution in [1.29, 1.82) is 0 Å². The second kappa shape index (κ2) is 8.03. The van der Waals surface area contributed by atoms with Gasteiger partial charge in [0.1, 0.15) is 0 Å². The summed E-state index contributed by atoms with van der Waals surface area (Å²) in [6.45, 7) is 8.82. The molecule has 2 N–H and O–H groups in total. The summed E-state index contributed by atoms with van der Waals surface area (Å²) in [5.41, 5.74) is 2.41. The molecule has 1 rings (SSSR count). The predicted molar refractivity (Wildman–Crippen MR) is 86.4 cm³/mol. The van der Waals surface area contributed by atoms with Gasteiger partial charge in [0, 0.05) is 13.6 Å². The summed E-state index contributed by atoms with van der Waals surface area (Å²) in [5.74, 6) is 0.795. The molecule has 118 valence electrons. The van der Waals surface area contributed by atoms with Crippen molar-refractivity contribution in [3.63, 3.8) is 0 Å². The van der Waals surface area contributed by atoms with E-state index in [0.29, 0.717) is 18.4 Å². The molecule has 0 spiro atoms. The zero-order valence-corrected chi connectivity index (χ0v) is 13.8. The number of hydrogen-bond acceptors (Lipinski definition) is 2. The number of likely N-dealkylation sites (N-methyl/N-ethyl adjacent to an activating group) is 1. The Labute approximate surface area is 128 Å². The fraction of sp³-hybridized carbons (Fsp3) is 0.588. The smallest absolute Gasteiger partial charge is 0.317 e. The fourth-order valence-electron chi connectivity index (χ4n) is 2.22. The first-order valence-corrected chi connectivity index (χ1v) is 7.59. The van der Waals surface area contributed by atoms with Gasteiger partial charge in [0.2, 0.25) is 0 Å². The van der Waals surface area contributed by atoms with E-state index >= 15 is 0 Å². The molecule has 0 aliphatic carbocycles. The highest BCUT2D eigenvalue weighted by Crippen LogP contribution is 2.24. The molecular weight excluding hydrogens is 264 g/mol. The molecular formula is C17H28N2O2. The van der Waals surface area contributed by atoms with Gasteiger partial charge >= 0.3 is 6.03 Å². The van der Waals surface area contributed by atoms with Crippen LogP contribution in [0.3, 0.4) is 0 Å². The van der Waals surface area contributed by atoms with E-state index in [1.165, 1.54) is 10.5 Å². The molecule has 0 saturated heterocycles. The van der Waals surface area contributed by atoms with Gasteiger partial charge in [-0.15, -0.1) is 0 Å². The van der Waals surface area contributed by atoms with Crippen molar-refractivity contribution in [2.45, 2.75) is 39.7 Å². The Hall–Kier alpha value is -1.55. The first kappa shape index (κ1) is 17.5. The number of rotatable bonds is 6. The molecule has 1 aromatic rings. The molecule has 4 nitrogen and oxygen atoms in total. The number of aliphatic hydroxyl groups is 1. The summed E-state index contributed by atoms with van der Waals surface area (Å²) >= 11 is 0. The minimum absolute atomic E-state index is 0.0279. The summed E-state index contributed by atoms with van der Waals surface area (Å²) in [5, 5.41) is 11.9. The summed E-state index contributed by atoms with van der Waals surface area (Å²) in [7, 11) is 1.69. The van der Waals surface area contributed by atoms with Crippen LogP contribution in [0, 0.1) is 5.92 Å². The van der Waals surface area contributed by atoms with Gasteiger partial charge in [-0.05, 0) is 23.0 Å². The maximum atomic E-state index is 12.1. The first-order valence-electron chi connectivity index (χ1n) is 7.59. The molecule has 21 heavy (non-hydrogen) atoms. The standard InChI is InChI=1S/C17H28N2O2/c1-12(2)14-6-8-15(9-7-14)16(13(3)4)18-17(21)19(5)10-11-20/h6-9,12-13,16,20H,10-11H2,1-5H3,(H,18,21). The number of nitrogens with zero attached hydrogens (tertiary/aromatic N) is 1. The maximum absolute atomic E-state index is 12.1. The van der Waals surface area contributed by atoms with E-state index < -0.39 is 0 Å². The molecule has 0 bridgehead atoms. The van der Waals surface area contributed by atoms with Crippen molar-refractivity contribution in [3.05, 3.63) is 35.4 Å². The molecule has 0 radical (unpaired) electrons. The quantitative estimate of drug-likeness (QED) is 0.846. The summed E-state index contributed by atoms with van der Waals surface area (Å²) in [6, 6.07) is 8.24. The van der Waals surface area contributed by atoms with Gasteiger partial charge in [-0.3, -0.25) is 0 Å². The number of amides is 2. The summed E-state index contributed by atoms with van der Waals surface area (Å²) in [6.07, 6.45) is 0. The van der Waals surface area contributed by atoms with Gasteiger partial charge in [0.25, 0.3) is 0 Å². The van der Waals surface area contributed by atoms with Crippen molar-refractivity contribution >= 4 is 6.03 Å². The molecule has 0 aromatic heterocycles. The van der Waals surface area contributed by atoms with Crippen molar-refractivity contribution in [1.82, 2.24) is 10.2 Å². The lowest BCUT2D eigenvalue weighted by Gasteiger charge is -2.26. The van der Waals surface area contributed by atoms with E-state index in [4.69, 9.17) is 5.11 Å². The zero-order valence-electron chi connectivity index (χ0n) is 13.8. The average Bonchev–Trinajstić information content (AvgIpc) is 2.44. The normalized spacial score (nSPS) is 12.6. The van der Waals surface area contributed by atoms with E-state index in [0.717, 1.165) is 5.56 Å². The number of nitrogens with one attached hydrogen (secondary N) is 1. The van der Waals surface area contributed by atoms with Crippen LogP contribution in [-0.2, 0) is 0 Å². The van der Waals surface area contributed by atoms with E-state index in [9.17, 15) is 4.79 Å². The number of carbonyl (C=O) groups is 1. The highest BCUT2D eigenvalue weighted by Gasteiger charge is 2.20. The molecule has 0 heterocycles. The largest absolute Gasteiger partial charge is 0.395 e. The molecule has 0 aliphatic rings. The van der Waals surface area contributed by atoms with Crippen LogP contribution >= 0.6 is 0 Å². The third-order valence-electron chi connectivity index (χ3n) is 3.69. The lowest BCUT2D eigenvalue weighted by Crippen LogP contribution is -2.42. The lowest BCUT2D eigenvalue weighted by atomic mass is 9.93. The SMILES string of the molecule is CC(C)c1ccc(C(NC(=O)N(C)CCO)C(C)C)cc1. The summed E-state index contributed by atoms with van der Waals surface area (Å²) < 4.78 is 0. The van der Waals surface area contributed by atoms with Gasteiger partial charge in [0.05, 0.1) is 12.6 Å². The van der Waals surface area contributed by atoms with E-state index in [1.807, 2.05) is 0 Å². The van der Waals surface area contributed by atoms with Crippen molar-refractivity contribution in [2.75, 3.05) is 20.2 Å². The third-order valence-corrected chi connectivity index (χ3v) is 3.69. The monoisotopic (exact) mass is 292 g/mol. The Morgan fingerprint density at radius 1 is 1.14 bits per heavy atom. The second-order valence-electron chi connectivity index (χ2n) is 6.14. The molecule has 1 atom stereocenters. The van der Waals surface area contributed by atoms with Gasteiger partial charge < -0.3 is 15.3 Å². The third kappa shape index (κ3) is 5.05. The Bertz CT molecular complexity index is 441. The van der Waals surface area contributed by atoms with Gasteiger partial charge in [-0.25, -0.2) is 4.79 Å². The van der Waals surface area contributed by atoms with Crippen LogP contribution in [0.5, 0.6) is 0 Å². The van der Waals surface area contributed by atoms with Crippen molar-refractivity contribution in [3.8, 4) is 0 Å². The van der Waals surface area contributed by atoms with Gasteiger partial charge in [0.15, 0.2) is 0 Å². The van der Waals surface area contributed by atoms with Crippen LogP contribution in [0.2, 0.25) is 0 Å². The summed E-state index contributed by atoms with van der Waals surface area (Å²) in [4.78, 5) is 13.6. The van der Waals surface area contributed by atoms with Crippen LogP contribution in [0.15, 0.2) is 24.3 Å². The number of carbonyl (C=O) groups excluding carboxylic acids is 1. The predicted octanol–water partition coefficient (Wildman–Crippen LogP) is 3.14. The highest BCUT2D eigenvalue weighted by molar-refractivity contribution is 5.74. The molecule has 0 aliphatic heterocycles. The number of hydrogen-bond donors (Lipinski definition) is 2. The lowest BCUT2D eigenvalue weighted by molar-refractivity contribution is 0.184. The molecule has 0 saturated carbocycles. The van der Waals surface area contributed by atoms with Crippen molar-refractivity contribution in [2.24, 2.45) is 5.92 Å². The zero-order chi connectivity index (χ0) is 16.0. The van der Waals surface area contributed by atoms with Crippen LogP contribution in [0.1, 0.15) is 50.8 Å². The minimum Gasteiger partial charge on any atom is -0.395 e. The molecule has 1 unspecified atom stereocenters. The Morgan fingerprint density at radius 2 is 1.67 bits per heavy atom. The van der Waals surface area contributed by atoms with Crippen LogP contribution in [0.4, 0.5) is 4.79 Å². The van der Waals surface area contributed by atoms with Crippen LogP contribution in [0.25, 0.3) is 0 Å². The van der Waals surface area contributed by atoms with Gasteiger partial charge in [-0.2, -0.15) is 0 Å². The van der Waals surface area contributed by atoms with E-state index in [-0.39, 0.29) is 18.7 Å². The Kier molecular flexibility index (Phi) is 6.69. The second-order valence-corrected chi connectivity index (χ2v) is 6.14. The Balaban J connectivity index is 2.84.